The van der Waals surface area contributed by atoms with Gasteiger partial charge < -0.3 is 14.4 Å². The van der Waals surface area contributed by atoms with Crippen molar-refractivity contribution in [3.8, 4) is 11.6 Å². The fourth-order valence-corrected chi connectivity index (χ4v) is 6.58. The molecular weight excluding hydrogens is 535 g/mol. The highest BCUT2D eigenvalue weighted by Crippen LogP contribution is 2.44. The van der Waals surface area contributed by atoms with Crippen LogP contribution in [-0.4, -0.2) is 49.6 Å². The van der Waals surface area contributed by atoms with Crippen molar-refractivity contribution in [2.75, 3.05) is 24.5 Å². The molecule has 1 amide bonds. The summed E-state index contributed by atoms with van der Waals surface area (Å²) in [5.41, 5.74) is 0.615. The summed E-state index contributed by atoms with van der Waals surface area (Å²) in [7, 11) is -3.93. The third-order valence-electron chi connectivity index (χ3n) is 7.15. The average molecular weight is 562 g/mol. The van der Waals surface area contributed by atoms with Crippen LogP contribution >= 0.6 is 0 Å². The van der Waals surface area contributed by atoms with Gasteiger partial charge in [0, 0.05) is 31.5 Å². The first-order valence-electron chi connectivity index (χ1n) is 12.4. The van der Waals surface area contributed by atoms with E-state index in [0.29, 0.717) is 31.5 Å². The van der Waals surface area contributed by atoms with E-state index in [0.717, 1.165) is 5.56 Å². The molecule has 0 bridgehead atoms. The number of carbonyl (C=O) groups excluding carboxylic acids is 1. The molecule has 1 spiro atoms. The van der Waals surface area contributed by atoms with Crippen LogP contribution in [0.5, 0.6) is 11.6 Å². The predicted octanol–water partition coefficient (Wildman–Crippen LogP) is 4.77. The first kappa shape index (κ1) is 26.9. The van der Waals surface area contributed by atoms with E-state index in [1.165, 1.54) is 51.8 Å². The molecule has 2 saturated heterocycles. The van der Waals surface area contributed by atoms with E-state index in [4.69, 9.17) is 4.74 Å². The Morgan fingerprint density at radius 2 is 1.56 bits per heavy atom. The van der Waals surface area contributed by atoms with Gasteiger partial charge in [-0.1, -0.05) is 30.3 Å². The second-order valence-electron chi connectivity index (χ2n) is 9.51. The number of anilines is 1. The predicted molar refractivity (Wildman–Crippen MR) is 136 cm³/mol. The minimum atomic E-state index is -4.80. The van der Waals surface area contributed by atoms with Gasteiger partial charge in [0.15, 0.2) is 0 Å². The van der Waals surface area contributed by atoms with Crippen LogP contribution in [0, 0.1) is 5.41 Å². The number of ether oxygens (including phenoxy) is 2. The molecule has 2 fully saturated rings. The number of halogens is 3. The highest BCUT2D eigenvalue weighted by Gasteiger charge is 2.50. The second kappa shape index (κ2) is 10.5. The molecule has 0 radical (unpaired) electrons. The summed E-state index contributed by atoms with van der Waals surface area (Å²) in [4.78, 5) is 19.1. The highest BCUT2D eigenvalue weighted by atomic mass is 32.2. The molecule has 3 heterocycles. The SMILES string of the molecule is O=C1N(c2ccc(OC(F)(F)F)cc2)CCC12CCN(S(=O)(=O)c1cccnc1OCc1ccccc1)CC2. The zero-order chi connectivity index (χ0) is 27.7. The number of alkyl halides is 3. The number of nitrogens with zero attached hydrogens (tertiary/aromatic N) is 3. The summed E-state index contributed by atoms with van der Waals surface area (Å²) in [5, 5.41) is 0. The van der Waals surface area contributed by atoms with Crippen LogP contribution in [0.4, 0.5) is 18.9 Å². The molecule has 0 unspecified atom stereocenters. The normalized spacial score (nSPS) is 17.9. The van der Waals surface area contributed by atoms with Crippen LogP contribution in [0.2, 0.25) is 0 Å². The van der Waals surface area contributed by atoms with E-state index in [1.807, 2.05) is 30.3 Å². The van der Waals surface area contributed by atoms with Crippen molar-refractivity contribution in [2.45, 2.75) is 37.1 Å². The Morgan fingerprint density at radius 1 is 0.897 bits per heavy atom. The van der Waals surface area contributed by atoms with Crippen LogP contribution < -0.4 is 14.4 Å². The summed E-state index contributed by atoms with van der Waals surface area (Å²) >= 11 is 0. The van der Waals surface area contributed by atoms with Crippen LogP contribution in [0.1, 0.15) is 24.8 Å². The smallest absolute Gasteiger partial charge is 0.472 e. The maximum Gasteiger partial charge on any atom is 0.573 e. The zero-order valence-electron chi connectivity index (χ0n) is 20.8. The number of hydrogen-bond acceptors (Lipinski definition) is 6. The van der Waals surface area contributed by atoms with Gasteiger partial charge in [0.25, 0.3) is 0 Å². The number of hydrogen-bond donors (Lipinski definition) is 0. The van der Waals surface area contributed by atoms with Crippen molar-refractivity contribution >= 4 is 21.6 Å². The Morgan fingerprint density at radius 3 is 2.23 bits per heavy atom. The average Bonchev–Trinajstić information content (AvgIpc) is 3.23. The van der Waals surface area contributed by atoms with E-state index in [-0.39, 0.29) is 42.1 Å². The molecule has 0 saturated carbocycles. The Hall–Kier alpha value is -3.64. The molecule has 0 atom stereocenters. The summed E-state index contributed by atoms with van der Waals surface area (Å²) in [5.74, 6) is -0.506. The molecule has 3 aromatic rings. The number of sulfonamides is 1. The van der Waals surface area contributed by atoms with Gasteiger partial charge >= 0.3 is 6.36 Å². The fraction of sp³-hybridized carbons (Fsp3) is 0.333. The first-order chi connectivity index (χ1) is 18.6. The number of amides is 1. The van der Waals surface area contributed by atoms with E-state index < -0.39 is 21.8 Å². The molecule has 1 aromatic heterocycles. The molecule has 39 heavy (non-hydrogen) atoms. The van der Waals surface area contributed by atoms with Crippen LogP contribution in [0.15, 0.2) is 77.8 Å². The van der Waals surface area contributed by atoms with Gasteiger partial charge in [-0.25, -0.2) is 13.4 Å². The molecule has 12 heteroatoms. The van der Waals surface area contributed by atoms with Crippen molar-refractivity contribution in [2.24, 2.45) is 5.41 Å². The van der Waals surface area contributed by atoms with E-state index in [1.54, 1.807) is 0 Å². The molecule has 0 N–H and O–H groups in total. The molecule has 206 valence electrons. The largest absolute Gasteiger partial charge is 0.573 e. The summed E-state index contributed by atoms with van der Waals surface area (Å²) < 4.78 is 75.5. The van der Waals surface area contributed by atoms with E-state index >= 15 is 0 Å². The monoisotopic (exact) mass is 561 g/mol. The molecule has 2 aliphatic rings. The second-order valence-corrected chi connectivity index (χ2v) is 11.4. The van der Waals surface area contributed by atoms with Gasteiger partial charge in [0.1, 0.15) is 17.3 Å². The lowest BCUT2D eigenvalue weighted by atomic mass is 9.77. The molecule has 2 aromatic carbocycles. The Kier molecular flexibility index (Phi) is 7.25. The first-order valence-corrected chi connectivity index (χ1v) is 13.8. The molecule has 5 rings (SSSR count). The minimum absolute atomic E-state index is 0.0164. The quantitative estimate of drug-likeness (QED) is 0.413. The fourth-order valence-electron chi connectivity index (χ4n) is 5.06. The van der Waals surface area contributed by atoms with Crippen LogP contribution in [0.3, 0.4) is 0 Å². The maximum atomic E-state index is 13.5. The Balaban J connectivity index is 1.25. The summed E-state index contributed by atoms with van der Waals surface area (Å²) in [6.45, 7) is 0.850. The molecule has 0 aliphatic carbocycles. The van der Waals surface area contributed by atoms with Crippen molar-refractivity contribution in [1.29, 1.82) is 0 Å². The summed E-state index contributed by atoms with van der Waals surface area (Å²) in [6, 6.07) is 17.5. The maximum absolute atomic E-state index is 13.5. The van der Waals surface area contributed by atoms with Gasteiger partial charge in [-0.2, -0.15) is 4.31 Å². The number of benzene rings is 2. The van der Waals surface area contributed by atoms with Crippen LogP contribution in [0.25, 0.3) is 0 Å². The Bertz CT molecular complexity index is 1430. The van der Waals surface area contributed by atoms with Gasteiger partial charge in [-0.15, -0.1) is 13.2 Å². The number of carbonyl (C=O) groups is 1. The third kappa shape index (κ3) is 5.71. The van der Waals surface area contributed by atoms with Crippen LogP contribution in [-0.2, 0) is 21.4 Å². The standard InChI is InChI=1S/C27H26F3N3O5S/c28-27(29,30)38-22-10-8-21(9-11-22)33-18-14-26(25(33)34)12-16-32(17-13-26)39(35,36)23-7-4-15-31-24(23)37-19-20-5-2-1-3-6-20/h1-11,15H,12-14,16-19H2. The van der Waals surface area contributed by atoms with Gasteiger partial charge in [-0.3, -0.25) is 4.79 Å². The van der Waals surface area contributed by atoms with E-state index in [2.05, 4.69) is 9.72 Å². The lowest BCUT2D eigenvalue weighted by molar-refractivity contribution is -0.274. The molecular formula is C27H26F3N3O5S. The van der Waals surface area contributed by atoms with Gasteiger partial charge in [0.2, 0.25) is 21.8 Å². The molecule has 8 nitrogen and oxygen atoms in total. The van der Waals surface area contributed by atoms with E-state index in [9.17, 15) is 26.4 Å². The third-order valence-corrected chi connectivity index (χ3v) is 9.06. The molecule has 2 aliphatic heterocycles. The van der Waals surface area contributed by atoms with Crippen molar-refractivity contribution in [3.05, 3.63) is 78.5 Å². The minimum Gasteiger partial charge on any atom is -0.472 e. The van der Waals surface area contributed by atoms with Gasteiger partial charge in [-0.05, 0) is 61.2 Å². The van der Waals surface area contributed by atoms with Crippen molar-refractivity contribution in [3.63, 3.8) is 0 Å². The number of rotatable bonds is 7. The number of pyridine rings is 1. The summed E-state index contributed by atoms with van der Waals surface area (Å²) in [6.07, 6.45) is -2.14. The van der Waals surface area contributed by atoms with Crippen molar-refractivity contribution in [1.82, 2.24) is 9.29 Å². The van der Waals surface area contributed by atoms with Gasteiger partial charge in [0.05, 0.1) is 5.41 Å². The highest BCUT2D eigenvalue weighted by molar-refractivity contribution is 7.89. The number of aromatic nitrogens is 1. The lowest BCUT2D eigenvalue weighted by Crippen LogP contribution is -2.46. The van der Waals surface area contributed by atoms with Crippen molar-refractivity contribution < 1.29 is 35.9 Å². The number of piperidine rings is 1. The Labute approximate surface area is 224 Å². The lowest BCUT2D eigenvalue weighted by Gasteiger charge is -2.37. The topological polar surface area (TPSA) is 89.0 Å². The zero-order valence-corrected chi connectivity index (χ0v) is 21.6.